The van der Waals surface area contributed by atoms with Crippen LogP contribution in [0.5, 0.6) is 0 Å². The van der Waals surface area contributed by atoms with Crippen molar-refractivity contribution in [3.63, 3.8) is 0 Å². The summed E-state index contributed by atoms with van der Waals surface area (Å²) in [5.41, 5.74) is 0.867. The van der Waals surface area contributed by atoms with Gasteiger partial charge in [-0.25, -0.2) is 12.8 Å². The van der Waals surface area contributed by atoms with Gasteiger partial charge in [0.2, 0.25) is 0 Å². The summed E-state index contributed by atoms with van der Waals surface area (Å²) in [6.45, 7) is 5.29. The molecule has 0 bridgehead atoms. The van der Waals surface area contributed by atoms with Gasteiger partial charge in [0, 0.05) is 11.4 Å². The molecule has 0 aliphatic rings. The van der Waals surface area contributed by atoms with E-state index in [1.807, 2.05) is 13.8 Å². The maximum atomic E-state index is 13.6. The molecule has 0 aliphatic carbocycles. The molecule has 1 aromatic carbocycles. The van der Waals surface area contributed by atoms with Crippen LogP contribution in [0.15, 0.2) is 34.5 Å². The molecule has 0 saturated heterocycles. The van der Waals surface area contributed by atoms with Crippen LogP contribution in [0.1, 0.15) is 17.4 Å². The van der Waals surface area contributed by atoms with Crippen molar-refractivity contribution in [2.45, 2.75) is 24.6 Å². The van der Waals surface area contributed by atoms with Gasteiger partial charge in [-0.1, -0.05) is 19.1 Å². The highest BCUT2D eigenvalue weighted by atomic mass is 32.2. The Balaban J connectivity index is 2.26. The lowest BCUT2D eigenvalue weighted by molar-refractivity contribution is 0.600. The van der Waals surface area contributed by atoms with E-state index >= 15 is 0 Å². The van der Waals surface area contributed by atoms with Gasteiger partial charge in [0.1, 0.15) is 10.0 Å². The second-order valence-corrected chi connectivity index (χ2v) is 7.58. The number of rotatable bonds is 6. The third-order valence-electron chi connectivity index (χ3n) is 2.92. The SMILES string of the molecule is CCNCc1sc(S(=O)(=O)Nc2ccccc2F)cc1C. The largest absolute Gasteiger partial charge is 0.312 e. The summed E-state index contributed by atoms with van der Waals surface area (Å²) in [6.07, 6.45) is 0. The van der Waals surface area contributed by atoms with Crippen LogP contribution in [0.2, 0.25) is 0 Å². The van der Waals surface area contributed by atoms with Crippen LogP contribution in [-0.2, 0) is 16.6 Å². The predicted octanol–water partition coefficient (Wildman–Crippen LogP) is 3.11. The van der Waals surface area contributed by atoms with E-state index in [9.17, 15) is 12.8 Å². The normalized spacial score (nSPS) is 11.6. The fourth-order valence-electron chi connectivity index (χ4n) is 1.77. The van der Waals surface area contributed by atoms with Gasteiger partial charge in [-0.2, -0.15) is 0 Å². The molecule has 0 saturated carbocycles. The first-order valence-electron chi connectivity index (χ1n) is 6.51. The minimum atomic E-state index is -3.76. The van der Waals surface area contributed by atoms with Crippen LogP contribution in [0.3, 0.4) is 0 Å². The Morgan fingerprint density at radius 1 is 1.29 bits per heavy atom. The van der Waals surface area contributed by atoms with Gasteiger partial charge in [0.15, 0.2) is 0 Å². The maximum Gasteiger partial charge on any atom is 0.271 e. The minimum Gasteiger partial charge on any atom is -0.312 e. The Morgan fingerprint density at radius 2 is 2.00 bits per heavy atom. The molecule has 1 aromatic heterocycles. The summed E-state index contributed by atoms with van der Waals surface area (Å²) >= 11 is 1.20. The third-order valence-corrected chi connectivity index (χ3v) is 5.99. The second-order valence-electron chi connectivity index (χ2n) is 4.54. The molecule has 114 valence electrons. The van der Waals surface area contributed by atoms with E-state index in [2.05, 4.69) is 10.0 Å². The summed E-state index contributed by atoms with van der Waals surface area (Å²) in [5.74, 6) is -0.595. The van der Waals surface area contributed by atoms with Crippen molar-refractivity contribution in [2.75, 3.05) is 11.3 Å². The number of aryl methyl sites for hydroxylation is 1. The maximum absolute atomic E-state index is 13.6. The number of para-hydroxylation sites is 1. The van der Waals surface area contributed by atoms with Crippen molar-refractivity contribution < 1.29 is 12.8 Å². The molecule has 2 aromatic rings. The number of halogens is 1. The highest BCUT2D eigenvalue weighted by Gasteiger charge is 2.20. The Hall–Kier alpha value is -1.44. The zero-order valence-corrected chi connectivity index (χ0v) is 13.4. The summed E-state index contributed by atoms with van der Waals surface area (Å²) in [6, 6.07) is 7.32. The summed E-state index contributed by atoms with van der Waals surface area (Å²) in [7, 11) is -3.76. The molecule has 2 rings (SSSR count). The fourth-order valence-corrected chi connectivity index (χ4v) is 4.40. The minimum absolute atomic E-state index is 0.0446. The Kier molecular flexibility index (Phi) is 4.97. The molecule has 1 heterocycles. The lowest BCUT2D eigenvalue weighted by Crippen LogP contribution is -2.12. The van der Waals surface area contributed by atoms with Crippen molar-refractivity contribution in [2.24, 2.45) is 0 Å². The number of nitrogens with one attached hydrogen (secondary N) is 2. The molecule has 0 amide bonds. The van der Waals surface area contributed by atoms with E-state index in [4.69, 9.17) is 0 Å². The first-order chi connectivity index (χ1) is 9.94. The average Bonchev–Trinajstić information content (AvgIpc) is 2.81. The van der Waals surface area contributed by atoms with Crippen LogP contribution in [-0.4, -0.2) is 15.0 Å². The number of hydrogen-bond acceptors (Lipinski definition) is 4. The van der Waals surface area contributed by atoms with Crippen molar-refractivity contribution in [3.8, 4) is 0 Å². The van der Waals surface area contributed by atoms with Gasteiger partial charge >= 0.3 is 0 Å². The van der Waals surface area contributed by atoms with Gasteiger partial charge < -0.3 is 5.32 Å². The Bertz CT molecular complexity index is 726. The fraction of sp³-hybridized carbons (Fsp3) is 0.286. The lowest BCUT2D eigenvalue weighted by atomic mass is 10.3. The van der Waals surface area contributed by atoms with Gasteiger partial charge in [0.05, 0.1) is 5.69 Å². The smallest absolute Gasteiger partial charge is 0.271 e. The van der Waals surface area contributed by atoms with Gasteiger partial charge in [0.25, 0.3) is 10.0 Å². The van der Waals surface area contributed by atoms with Gasteiger partial charge in [-0.05, 0) is 37.2 Å². The molecule has 0 atom stereocenters. The third kappa shape index (κ3) is 3.81. The summed E-state index contributed by atoms with van der Waals surface area (Å²) < 4.78 is 40.6. The van der Waals surface area contributed by atoms with Crippen molar-refractivity contribution in [3.05, 3.63) is 46.6 Å². The van der Waals surface area contributed by atoms with E-state index in [-0.39, 0.29) is 9.90 Å². The van der Waals surface area contributed by atoms with Crippen LogP contribution >= 0.6 is 11.3 Å². The van der Waals surface area contributed by atoms with E-state index in [1.165, 1.54) is 29.5 Å². The standard InChI is InChI=1S/C14H17FN2O2S2/c1-3-16-9-13-10(2)8-14(20-13)21(18,19)17-12-7-5-4-6-11(12)15/h4-8,16-17H,3,9H2,1-2H3. The number of thiophene rings is 1. The Morgan fingerprint density at radius 3 is 2.67 bits per heavy atom. The van der Waals surface area contributed by atoms with Gasteiger partial charge in [-0.15, -0.1) is 11.3 Å². The molecule has 21 heavy (non-hydrogen) atoms. The first-order valence-corrected chi connectivity index (χ1v) is 8.81. The molecule has 0 unspecified atom stereocenters. The van der Waals surface area contributed by atoms with Crippen LogP contribution in [0.4, 0.5) is 10.1 Å². The molecular weight excluding hydrogens is 311 g/mol. The predicted molar refractivity (Wildman–Crippen MR) is 83.6 cm³/mol. The highest BCUT2D eigenvalue weighted by Crippen LogP contribution is 2.28. The van der Waals surface area contributed by atoms with E-state index in [0.29, 0.717) is 6.54 Å². The first kappa shape index (κ1) is 15.9. The Labute approximate surface area is 128 Å². The van der Waals surface area contributed by atoms with E-state index in [0.717, 1.165) is 17.0 Å². The van der Waals surface area contributed by atoms with Crippen LogP contribution in [0, 0.1) is 12.7 Å². The molecule has 2 N–H and O–H groups in total. The number of anilines is 1. The zero-order chi connectivity index (χ0) is 15.5. The van der Waals surface area contributed by atoms with Crippen molar-refractivity contribution in [1.29, 1.82) is 0 Å². The summed E-state index contributed by atoms with van der Waals surface area (Å²) in [4.78, 5) is 0.964. The monoisotopic (exact) mass is 328 g/mol. The average molecular weight is 328 g/mol. The van der Waals surface area contributed by atoms with Gasteiger partial charge in [-0.3, -0.25) is 4.72 Å². The van der Waals surface area contributed by atoms with Crippen molar-refractivity contribution >= 4 is 27.0 Å². The zero-order valence-electron chi connectivity index (χ0n) is 11.8. The number of hydrogen-bond donors (Lipinski definition) is 2. The lowest BCUT2D eigenvalue weighted by Gasteiger charge is -2.06. The molecular formula is C14H17FN2O2S2. The number of sulfonamides is 1. The molecule has 0 fully saturated rings. The molecule has 0 aliphatic heterocycles. The quantitative estimate of drug-likeness (QED) is 0.856. The topological polar surface area (TPSA) is 58.2 Å². The van der Waals surface area contributed by atoms with E-state index in [1.54, 1.807) is 12.1 Å². The van der Waals surface area contributed by atoms with Crippen LogP contribution in [0.25, 0.3) is 0 Å². The number of benzene rings is 1. The molecule has 0 spiro atoms. The van der Waals surface area contributed by atoms with Crippen LogP contribution < -0.4 is 10.0 Å². The second kappa shape index (κ2) is 6.55. The highest BCUT2D eigenvalue weighted by molar-refractivity contribution is 7.94. The van der Waals surface area contributed by atoms with E-state index < -0.39 is 15.8 Å². The van der Waals surface area contributed by atoms with Crippen molar-refractivity contribution in [1.82, 2.24) is 5.32 Å². The summed E-state index contributed by atoms with van der Waals surface area (Å²) in [5, 5.41) is 3.16. The molecule has 7 heteroatoms. The molecule has 4 nitrogen and oxygen atoms in total. The molecule has 0 radical (unpaired) electrons.